The number of nitrogens with one attached hydrogen (secondary N) is 1. The van der Waals surface area contributed by atoms with E-state index in [9.17, 15) is 0 Å². The maximum Gasteiger partial charge on any atom is 0.00683 e. The van der Waals surface area contributed by atoms with E-state index >= 15 is 0 Å². The minimum Gasteiger partial charge on any atom is -0.314 e. The van der Waals surface area contributed by atoms with Crippen LogP contribution in [0.2, 0.25) is 0 Å². The molecule has 2 saturated carbocycles. The maximum atomic E-state index is 3.74. The van der Waals surface area contributed by atoms with Gasteiger partial charge in [-0.25, -0.2) is 0 Å². The highest BCUT2D eigenvalue weighted by Crippen LogP contribution is 2.37. The van der Waals surface area contributed by atoms with Crippen molar-refractivity contribution in [1.82, 2.24) is 5.32 Å². The predicted molar refractivity (Wildman–Crippen MR) is 70.5 cm³/mol. The summed E-state index contributed by atoms with van der Waals surface area (Å²) in [6.45, 7) is 8.51. The molecule has 2 fully saturated rings. The Labute approximate surface area is 101 Å². The van der Waals surface area contributed by atoms with Crippen LogP contribution in [0.4, 0.5) is 0 Å². The first kappa shape index (κ1) is 12.4. The lowest BCUT2D eigenvalue weighted by Crippen LogP contribution is -2.34. The quantitative estimate of drug-likeness (QED) is 0.743. The van der Waals surface area contributed by atoms with Crippen LogP contribution in [0, 0.1) is 17.3 Å². The highest BCUT2D eigenvalue weighted by molar-refractivity contribution is 4.86. The molecule has 1 unspecified atom stereocenters. The van der Waals surface area contributed by atoms with Crippen molar-refractivity contribution >= 4 is 0 Å². The van der Waals surface area contributed by atoms with Crippen LogP contribution >= 0.6 is 0 Å². The SMILES string of the molecule is CC(C)(C)C(CNC1CC1)CC1CCCC1. The fourth-order valence-corrected chi connectivity index (χ4v) is 2.99. The van der Waals surface area contributed by atoms with E-state index in [1.165, 1.54) is 51.5 Å². The zero-order valence-electron chi connectivity index (χ0n) is 11.4. The largest absolute Gasteiger partial charge is 0.314 e. The molecule has 0 bridgehead atoms. The molecular formula is C15H29N. The standard InChI is InChI=1S/C15H29N/c1-15(2,3)13(11-16-14-8-9-14)10-12-6-4-5-7-12/h12-14,16H,4-11H2,1-3H3. The molecule has 2 rings (SSSR count). The van der Waals surface area contributed by atoms with Gasteiger partial charge in [-0.3, -0.25) is 0 Å². The van der Waals surface area contributed by atoms with Crippen LogP contribution < -0.4 is 5.32 Å². The molecular weight excluding hydrogens is 194 g/mol. The van der Waals surface area contributed by atoms with E-state index in [0.29, 0.717) is 5.41 Å². The molecule has 0 aliphatic heterocycles. The van der Waals surface area contributed by atoms with E-state index < -0.39 is 0 Å². The maximum absolute atomic E-state index is 3.74. The van der Waals surface area contributed by atoms with E-state index in [1.54, 1.807) is 0 Å². The lowest BCUT2D eigenvalue weighted by Gasteiger charge is -2.33. The van der Waals surface area contributed by atoms with Gasteiger partial charge in [-0.15, -0.1) is 0 Å². The second-order valence-corrected chi connectivity index (χ2v) is 7.13. The third kappa shape index (κ3) is 3.76. The smallest absolute Gasteiger partial charge is 0.00683 e. The molecule has 0 aromatic heterocycles. The third-order valence-corrected chi connectivity index (χ3v) is 4.55. The summed E-state index contributed by atoms with van der Waals surface area (Å²) in [4.78, 5) is 0. The van der Waals surface area contributed by atoms with Gasteiger partial charge in [0.15, 0.2) is 0 Å². The Hall–Kier alpha value is -0.0400. The van der Waals surface area contributed by atoms with Crippen LogP contribution in [-0.4, -0.2) is 12.6 Å². The fraction of sp³-hybridized carbons (Fsp3) is 1.00. The number of hydrogen-bond donors (Lipinski definition) is 1. The molecule has 16 heavy (non-hydrogen) atoms. The molecule has 2 aliphatic carbocycles. The van der Waals surface area contributed by atoms with Crippen molar-refractivity contribution in [3.05, 3.63) is 0 Å². The van der Waals surface area contributed by atoms with Crippen LogP contribution in [0.5, 0.6) is 0 Å². The van der Waals surface area contributed by atoms with Gasteiger partial charge < -0.3 is 5.32 Å². The Morgan fingerprint density at radius 2 is 1.69 bits per heavy atom. The zero-order valence-corrected chi connectivity index (χ0v) is 11.4. The minimum absolute atomic E-state index is 0.477. The lowest BCUT2D eigenvalue weighted by atomic mass is 9.75. The number of rotatable bonds is 5. The van der Waals surface area contributed by atoms with Crippen molar-refractivity contribution in [3.8, 4) is 0 Å². The highest BCUT2D eigenvalue weighted by Gasteiger charge is 2.30. The molecule has 1 atom stereocenters. The van der Waals surface area contributed by atoms with E-state index in [-0.39, 0.29) is 0 Å². The van der Waals surface area contributed by atoms with Gasteiger partial charge in [0.1, 0.15) is 0 Å². The second kappa shape index (κ2) is 5.08. The van der Waals surface area contributed by atoms with Gasteiger partial charge in [0.25, 0.3) is 0 Å². The molecule has 0 radical (unpaired) electrons. The topological polar surface area (TPSA) is 12.0 Å². The molecule has 0 heterocycles. The molecule has 94 valence electrons. The summed E-state index contributed by atoms with van der Waals surface area (Å²) in [5.41, 5.74) is 0.477. The first-order valence-electron chi connectivity index (χ1n) is 7.29. The van der Waals surface area contributed by atoms with Crippen molar-refractivity contribution in [2.75, 3.05) is 6.54 Å². The Bertz CT molecular complexity index is 206. The second-order valence-electron chi connectivity index (χ2n) is 7.13. The summed E-state index contributed by atoms with van der Waals surface area (Å²) in [6.07, 6.45) is 10.3. The fourth-order valence-electron chi connectivity index (χ4n) is 2.99. The van der Waals surface area contributed by atoms with Gasteiger partial charge in [0.2, 0.25) is 0 Å². The summed E-state index contributed by atoms with van der Waals surface area (Å²) in [5.74, 6) is 1.90. The van der Waals surface area contributed by atoms with Crippen molar-refractivity contribution in [1.29, 1.82) is 0 Å². The molecule has 1 heteroatoms. The highest BCUT2D eigenvalue weighted by atomic mass is 14.9. The zero-order chi connectivity index (χ0) is 11.6. The Morgan fingerprint density at radius 3 is 2.19 bits per heavy atom. The van der Waals surface area contributed by atoms with Gasteiger partial charge in [0, 0.05) is 6.04 Å². The summed E-state index contributed by atoms with van der Waals surface area (Å²) < 4.78 is 0. The van der Waals surface area contributed by atoms with Crippen LogP contribution in [-0.2, 0) is 0 Å². The third-order valence-electron chi connectivity index (χ3n) is 4.55. The molecule has 0 amide bonds. The van der Waals surface area contributed by atoms with Gasteiger partial charge in [-0.05, 0) is 43.1 Å². The van der Waals surface area contributed by atoms with Crippen LogP contribution in [0.15, 0.2) is 0 Å². The summed E-state index contributed by atoms with van der Waals surface area (Å²) in [7, 11) is 0. The van der Waals surface area contributed by atoms with Crippen LogP contribution in [0.25, 0.3) is 0 Å². The Kier molecular flexibility index (Phi) is 3.94. The van der Waals surface area contributed by atoms with Gasteiger partial charge in [0.05, 0.1) is 0 Å². The first-order valence-corrected chi connectivity index (χ1v) is 7.29. The van der Waals surface area contributed by atoms with Gasteiger partial charge in [-0.2, -0.15) is 0 Å². The van der Waals surface area contributed by atoms with Gasteiger partial charge in [-0.1, -0.05) is 46.5 Å². The summed E-state index contributed by atoms with van der Waals surface area (Å²) >= 11 is 0. The number of hydrogen-bond acceptors (Lipinski definition) is 1. The lowest BCUT2D eigenvalue weighted by molar-refractivity contribution is 0.190. The van der Waals surface area contributed by atoms with E-state index in [1.807, 2.05) is 0 Å². The van der Waals surface area contributed by atoms with E-state index in [2.05, 4.69) is 26.1 Å². The van der Waals surface area contributed by atoms with Crippen molar-refractivity contribution in [2.24, 2.45) is 17.3 Å². The summed E-state index contributed by atoms with van der Waals surface area (Å²) in [6, 6.07) is 0.869. The van der Waals surface area contributed by atoms with E-state index in [0.717, 1.165) is 17.9 Å². The monoisotopic (exact) mass is 223 g/mol. The summed E-state index contributed by atoms with van der Waals surface area (Å²) in [5, 5.41) is 3.74. The Morgan fingerprint density at radius 1 is 1.06 bits per heavy atom. The molecule has 1 N–H and O–H groups in total. The first-order chi connectivity index (χ1) is 7.55. The molecule has 0 aromatic rings. The van der Waals surface area contributed by atoms with Crippen LogP contribution in [0.1, 0.15) is 65.7 Å². The van der Waals surface area contributed by atoms with Crippen molar-refractivity contribution in [2.45, 2.75) is 71.8 Å². The average molecular weight is 223 g/mol. The van der Waals surface area contributed by atoms with Crippen molar-refractivity contribution < 1.29 is 0 Å². The molecule has 2 aliphatic rings. The Balaban J connectivity index is 1.80. The van der Waals surface area contributed by atoms with Crippen molar-refractivity contribution in [3.63, 3.8) is 0 Å². The normalized spacial score (nSPS) is 24.9. The predicted octanol–water partition coefficient (Wildman–Crippen LogP) is 3.98. The van der Waals surface area contributed by atoms with E-state index in [4.69, 9.17) is 0 Å². The molecule has 0 spiro atoms. The molecule has 1 nitrogen and oxygen atoms in total. The van der Waals surface area contributed by atoms with Gasteiger partial charge >= 0.3 is 0 Å². The minimum atomic E-state index is 0.477. The molecule has 0 saturated heterocycles. The molecule has 0 aromatic carbocycles. The van der Waals surface area contributed by atoms with Crippen LogP contribution in [0.3, 0.4) is 0 Å². The average Bonchev–Trinajstić information content (AvgIpc) is 2.87.